The minimum atomic E-state index is -0.487. The van der Waals surface area contributed by atoms with Crippen molar-refractivity contribution in [3.63, 3.8) is 0 Å². The fourth-order valence-electron chi connectivity index (χ4n) is 5.06. The monoisotopic (exact) mass is 631 g/mol. The molecule has 0 aliphatic heterocycles. The Balaban J connectivity index is 1.72. The summed E-state index contributed by atoms with van der Waals surface area (Å²) in [5.74, 6) is -0.405. The molecule has 0 N–H and O–H groups in total. The summed E-state index contributed by atoms with van der Waals surface area (Å²) in [6, 6.07) is 29.2. The molecule has 4 aromatic rings. The van der Waals surface area contributed by atoms with E-state index in [-0.39, 0.29) is 11.7 Å². The third-order valence-electron chi connectivity index (χ3n) is 7.71. The number of rotatable bonds is 11. The van der Waals surface area contributed by atoms with Crippen molar-refractivity contribution >= 4 is 46.2 Å². The van der Waals surface area contributed by atoms with Crippen LogP contribution in [0.15, 0.2) is 101 Å². The van der Waals surface area contributed by atoms with E-state index < -0.39 is 11.9 Å². The van der Waals surface area contributed by atoms with Crippen molar-refractivity contribution in [1.29, 1.82) is 0 Å². The number of hydrogen-bond acceptors (Lipinski definition) is 8. The smallest absolute Gasteiger partial charge is 0.318 e. The Kier molecular flexibility index (Phi) is 11.2. The summed E-state index contributed by atoms with van der Waals surface area (Å²) in [4.78, 5) is 47.9. The Morgan fingerprint density at radius 1 is 0.553 bits per heavy atom. The number of ketones is 1. The third-order valence-corrected chi connectivity index (χ3v) is 7.71. The molecule has 8 heteroatoms. The first kappa shape index (κ1) is 34.5. The summed E-state index contributed by atoms with van der Waals surface area (Å²) in [7, 11) is 0. The lowest BCUT2D eigenvalue weighted by atomic mass is 9.88. The van der Waals surface area contributed by atoms with E-state index >= 15 is 0 Å². The summed E-state index contributed by atoms with van der Waals surface area (Å²) < 4.78 is 0. The van der Waals surface area contributed by atoms with Gasteiger partial charge in [0.2, 0.25) is 0 Å². The number of oxime groups is 2. The molecule has 4 aromatic carbocycles. The van der Waals surface area contributed by atoms with Crippen LogP contribution in [-0.2, 0) is 19.3 Å². The lowest BCUT2D eigenvalue weighted by Gasteiger charge is -2.26. The van der Waals surface area contributed by atoms with Crippen molar-refractivity contribution in [2.75, 3.05) is 4.90 Å². The van der Waals surface area contributed by atoms with Gasteiger partial charge in [-0.3, -0.25) is 4.79 Å². The Morgan fingerprint density at radius 3 is 1.32 bits per heavy atom. The molecule has 8 nitrogen and oxygen atoms in total. The van der Waals surface area contributed by atoms with Crippen molar-refractivity contribution in [2.45, 2.75) is 67.2 Å². The van der Waals surface area contributed by atoms with Crippen LogP contribution in [0.2, 0.25) is 0 Å². The van der Waals surface area contributed by atoms with Crippen LogP contribution in [0.5, 0.6) is 0 Å². The Labute approximate surface area is 276 Å². The molecule has 0 fully saturated rings. The van der Waals surface area contributed by atoms with E-state index in [0.717, 1.165) is 39.3 Å². The standard InChI is InChI=1S/C39H41N3O5/c1-24(2)33-15-22-37(38(23-33)25(3)4)39(45)32-13-20-36(21-14-32)42(34-16-9-30(10-17-34)26(5)40-46-28(7)43)35-18-11-31(12-19-35)27(6)41-47-29(8)44/h9-25H,1-8H3/b40-26+,41-27?. The highest BCUT2D eigenvalue weighted by atomic mass is 16.7. The molecule has 4 rings (SSSR count). The van der Waals surface area contributed by atoms with Crippen molar-refractivity contribution in [2.24, 2.45) is 10.3 Å². The van der Waals surface area contributed by atoms with Crippen molar-refractivity contribution in [1.82, 2.24) is 0 Å². The first-order valence-corrected chi connectivity index (χ1v) is 15.6. The average molecular weight is 632 g/mol. The molecule has 0 aromatic heterocycles. The van der Waals surface area contributed by atoms with Gasteiger partial charge in [-0.15, -0.1) is 0 Å². The number of benzene rings is 4. The molecule has 0 aliphatic rings. The Morgan fingerprint density at radius 2 is 0.957 bits per heavy atom. The summed E-state index contributed by atoms with van der Waals surface area (Å²) in [6.07, 6.45) is 0. The Hall–Kier alpha value is -5.37. The third kappa shape index (κ3) is 8.67. The summed E-state index contributed by atoms with van der Waals surface area (Å²) in [5.41, 5.74) is 8.88. The van der Waals surface area contributed by atoms with Gasteiger partial charge in [0.05, 0.1) is 11.4 Å². The quantitative estimate of drug-likeness (QED) is 0.0708. The van der Waals surface area contributed by atoms with Gasteiger partial charge in [-0.05, 0) is 96.5 Å². The molecule has 0 saturated heterocycles. The van der Waals surface area contributed by atoms with E-state index in [1.807, 2.05) is 84.9 Å². The lowest BCUT2D eigenvalue weighted by Crippen LogP contribution is -2.12. The first-order chi connectivity index (χ1) is 22.3. The molecule has 0 unspecified atom stereocenters. The molecule has 0 bridgehead atoms. The zero-order valence-electron chi connectivity index (χ0n) is 28.2. The lowest BCUT2D eigenvalue weighted by molar-refractivity contribution is -0.141. The van der Waals surface area contributed by atoms with Crippen LogP contribution < -0.4 is 4.90 Å². The van der Waals surface area contributed by atoms with Crippen LogP contribution in [0.4, 0.5) is 17.1 Å². The van der Waals surface area contributed by atoms with Gasteiger partial charge in [0.1, 0.15) is 0 Å². The van der Waals surface area contributed by atoms with Crippen LogP contribution >= 0.6 is 0 Å². The highest BCUT2D eigenvalue weighted by Crippen LogP contribution is 2.35. The van der Waals surface area contributed by atoms with Gasteiger partial charge in [-0.1, -0.05) is 80.5 Å². The zero-order valence-corrected chi connectivity index (χ0v) is 28.2. The summed E-state index contributed by atoms with van der Waals surface area (Å²) >= 11 is 0. The topological polar surface area (TPSA) is 97.6 Å². The molecule has 0 saturated carbocycles. The number of hydrogen-bond donors (Lipinski definition) is 0. The van der Waals surface area contributed by atoms with Crippen LogP contribution in [0.1, 0.15) is 105 Å². The molecule has 0 heterocycles. The highest BCUT2D eigenvalue weighted by Gasteiger charge is 2.19. The molecule has 47 heavy (non-hydrogen) atoms. The van der Waals surface area contributed by atoms with Crippen molar-refractivity contribution in [3.05, 3.63) is 124 Å². The predicted molar refractivity (Wildman–Crippen MR) is 187 cm³/mol. The van der Waals surface area contributed by atoms with E-state index in [1.165, 1.54) is 19.4 Å². The second-order valence-corrected chi connectivity index (χ2v) is 12.0. The highest BCUT2D eigenvalue weighted by molar-refractivity contribution is 6.10. The average Bonchev–Trinajstić information content (AvgIpc) is 3.06. The van der Waals surface area contributed by atoms with Crippen LogP contribution in [0, 0.1) is 0 Å². The minimum Gasteiger partial charge on any atom is -0.318 e. The molecule has 0 atom stereocenters. The summed E-state index contributed by atoms with van der Waals surface area (Å²) in [5, 5.41) is 7.79. The minimum absolute atomic E-state index is 0.0131. The first-order valence-electron chi connectivity index (χ1n) is 15.6. The summed E-state index contributed by atoms with van der Waals surface area (Å²) in [6.45, 7) is 14.7. The Bertz CT molecular complexity index is 1730. The van der Waals surface area contributed by atoms with Gasteiger partial charge in [0.15, 0.2) is 5.78 Å². The van der Waals surface area contributed by atoms with Gasteiger partial charge in [-0.2, -0.15) is 0 Å². The van der Waals surface area contributed by atoms with E-state index in [9.17, 15) is 14.4 Å². The predicted octanol–water partition coefficient (Wildman–Crippen LogP) is 9.21. The maximum atomic E-state index is 13.8. The zero-order chi connectivity index (χ0) is 34.2. The van der Waals surface area contributed by atoms with E-state index in [4.69, 9.17) is 9.68 Å². The van der Waals surface area contributed by atoms with E-state index in [1.54, 1.807) is 13.8 Å². The molecule has 242 valence electrons. The fraction of sp³-hybridized carbons (Fsp3) is 0.256. The number of nitrogens with zero attached hydrogens (tertiary/aromatic N) is 3. The molecule has 0 amide bonds. The van der Waals surface area contributed by atoms with E-state index in [0.29, 0.717) is 22.9 Å². The van der Waals surface area contributed by atoms with Gasteiger partial charge >= 0.3 is 11.9 Å². The number of anilines is 3. The second-order valence-electron chi connectivity index (χ2n) is 12.0. The maximum Gasteiger partial charge on any atom is 0.331 e. The maximum absolute atomic E-state index is 13.8. The molecule has 0 aliphatic carbocycles. The van der Waals surface area contributed by atoms with Crippen LogP contribution in [0.3, 0.4) is 0 Å². The molecule has 0 radical (unpaired) electrons. The van der Waals surface area contributed by atoms with Gasteiger partial charge in [-0.25, -0.2) is 9.59 Å². The molecule has 0 spiro atoms. The molecular weight excluding hydrogens is 590 g/mol. The largest absolute Gasteiger partial charge is 0.331 e. The fourth-order valence-corrected chi connectivity index (χ4v) is 5.06. The van der Waals surface area contributed by atoms with Gasteiger partial charge in [0, 0.05) is 42.0 Å². The van der Waals surface area contributed by atoms with Gasteiger partial charge < -0.3 is 14.6 Å². The number of carbonyl (C=O) groups excluding carboxylic acids is 3. The van der Waals surface area contributed by atoms with Crippen LogP contribution in [0.25, 0.3) is 0 Å². The molecular formula is C39H41N3O5. The number of carbonyl (C=O) groups is 3. The van der Waals surface area contributed by atoms with E-state index in [2.05, 4.69) is 49.0 Å². The SMILES string of the molecule is CC(=O)ON=C(C)c1ccc(N(c2ccc(C(=O)c3ccc(C(C)C)cc3C(C)C)cc2)c2ccc(/C(C)=N/OC(C)=O)cc2)cc1. The van der Waals surface area contributed by atoms with Crippen molar-refractivity contribution in [3.8, 4) is 0 Å². The second kappa shape index (κ2) is 15.3. The normalized spacial score (nSPS) is 11.9. The van der Waals surface area contributed by atoms with Crippen LogP contribution in [-0.4, -0.2) is 29.1 Å². The van der Waals surface area contributed by atoms with Gasteiger partial charge in [0.25, 0.3) is 0 Å². The van der Waals surface area contributed by atoms with Crippen molar-refractivity contribution < 1.29 is 24.1 Å².